The van der Waals surface area contributed by atoms with E-state index in [0.29, 0.717) is 0 Å². The van der Waals surface area contributed by atoms with Gasteiger partial charge >= 0.3 is 15.2 Å². The van der Waals surface area contributed by atoms with Gasteiger partial charge in [-0.1, -0.05) is 239 Å². The summed E-state index contributed by atoms with van der Waals surface area (Å²) in [6, 6.07) is 26.2. The Bertz CT molecular complexity index is 2210. The summed E-state index contributed by atoms with van der Waals surface area (Å²) in [7, 11) is -8.15. The Morgan fingerprint density at radius 3 is 0.577 bits per heavy atom. The van der Waals surface area contributed by atoms with Crippen LogP contribution in [0.4, 0.5) is 0 Å². The van der Waals surface area contributed by atoms with Crippen LogP contribution in [0.5, 0.6) is 0 Å². The predicted octanol–water partition coefficient (Wildman–Crippen LogP) is 18.4. The van der Waals surface area contributed by atoms with Crippen molar-refractivity contribution < 1.29 is 27.2 Å². The molecule has 1 spiro atoms. The van der Waals surface area contributed by atoms with Crippen molar-refractivity contribution in [2.75, 3.05) is 26.4 Å². The summed E-state index contributed by atoms with van der Waals surface area (Å²) < 4.78 is 61.4. The summed E-state index contributed by atoms with van der Waals surface area (Å²) in [4.78, 5) is 0. The van der Waals surface area contributed by atoms with Crippen molar-refractivity contribution in [2.24, 2.45) is 5.41 Å². The van der Waals surface area contributed by atoms with Crippen LogP contribution in [0.1, 0.15) is 244 Å². The summed E-state index contributed by atoms with van der Waals surface area (Å²) in [5.41, 5.74) is 8.20. The van der Waals surface area contributed by atoms with E-state index in [2.05, 4.69) is 239 Å². The van der Waals surface area contributed by atoms with Crippen LogP contribution in [0.25, 0.3) is 0 Å². The van der Waals surface area contributed by atoms with Crippen molar-refractivity contribution in [2.45, 2.75) is 221 Å². The van der Waals surface area contributed by atoms with Crippen molar-refractivity contribution in [3.63, 3.8) is 0 Å². The maximum Gasteiger partial charge on any atom is 0.342 e. The zero-order valence-corrected chi connectivity index (χ0v) is 50.5. The van der Waals surface area contributed by atoms with Crippen molar-refractivity contribution in [3.05, 3.63) is 140 Å². The fourth-order valence-electron chi connectivity index (χ4n) is 11.1. The number of rotatable bonds is 6. The molecule has 0 bridgehead atoms. The van der Waals surface area contributed by atoms with Crippen molar-refractivity contribution in [3.8, 4) is 0 Å². The molecule has 0 N–H and O–H groups in total. The second kappa shape index (κ2) is 18.8. The number of hydrogen-bond acceptors (Lipinski definition) is 6. The number of benzene rings is 4. The molecule has 0 aromatic heterocycles. The van der Waals surface area contributed by atoms with Gasteiger partial charge in [0.1, 0.15) is 11.3 Å². The maximum absolute atomic E-state index is 16.6. The van der Waals surface area contributed by atoms with Crippen molar-refractivity contribution in [1.29, 1.82) is 0 Å². The highest BCUT2D eigenvalue weighted by atomic mass is 31.2. The van der Waals surface area contributed by atoms with Gasteiger partial charge in [0.2, 0.25) is 0 Å². The van der Waals surface area contributed by atoms with Crippen LogP contribution < -0.4 is 0 Å². The van der Waals surface area contributed by atoms with E-state index in [-0.39, 0.29) is 69.7 Å². The molecule has 0 amide bonds. The highest BCUT2D eigenvalue weighted by molar-refractivity contribution is 7.55. The first-order chi connectivity index (χ1) is 32.0. The van der Waals surface area contributed by atoms with Gasteiger partial charge in [-0.2, -0.15) is 0 Å². The van der Waals surface area contributed by atoms with Gasteiger partial charge in [0.05, 0.1) is 31.8 Å². The van der Waals surface area contributed by atoms with Gasteiger partial charge in [-0.3, -0.25) is 9.13 Å². The van der Waals surface area contributed by atoms with Crippen LogP contribution in [0, 0.1) is 5.41 Å². The van der Waals surface area contributed by atoms with Crippen LogP contribution in [0.2, 0.25) is 0 Å². The monoisotopic (exact) mass is 1010 g/mol. The molecule has 6 nitrogen and oxygen atoms in total. The first-order valence-corrected chi connectivity index (χ1v) is 29.5. The minimum Gasteiger partial charge on any atom is -0.307 e. The van der Waals surface area contributed by atoms with Gasteiger partial charge in [-0.05, 0) is 110 Å². The molecule has 8 heteroatoms. The summed E-state index contributed by atoms with van der Waals surface area (Å²) in [5, 5.41) is 0. The molecule has 71 heavy (non-hydrogen) atoms. The molecule has 2 aliphatic heterocycles. The van der Waals surface area contributed by atoms with Gasteiger partial charge < -0.3 is 18.1 Å². The van der Waals surface area contributed by atoms with Gasteiger partial charge in [0.15, 0.2) is 0 Å². The molecule has 0 radical (unpaired) electrons. The van der Waals surface area contributed by atoms with E-state index in [1.807, 2.05) is 0 Å². The van der Waals surface area contributed by atoms with Crippen LogP contribution in [-0.4, -0.2) is 26.4 Å². The normalized spacial score (nSPS) is 22.5. The Morgan fingerprint density at radius 1 is 0.310 bits per heavy atom. The molecular weight excluding hydrogens is 915 g/mol. The third kappa shape index (κ3) is 11.6. The van der Waals surface area contributed by atoms with Crippen LogP contribution in [0.15, 0.2) is 72.8 Å². The largest absolute Gasteiger partial charge is 0.342 e. The predicted molar refractivity (Wildman–Crippen MR) is 301 cm³/mol. The molecule has 6 rings (SSSR count). The zero-order chi connectivity index (χ0) is 53.7. The topological polar surface area (TPSA) is 71.1 Å². The van der Waals surface area contributed by atoms with E-state index >= 15 is 9.13 Å². The Balaban J connectivity index is 1.56. The lowest BCUT2D eigenvalue weighted by Crippen LogP contribution is -2.46. The average Bonchev–Trinajstić information content (AvgIpc) is 3.20. The molecule has 2 saturated heterocycles. The Hall–Kier alpha value is -2.82. The van der Waals surface area contributed by atoms with Gasteiger partial charge in [-0.15, -0.1) is 0 Å². The minimum absolute atomic E-state index is 0.0498. The third-order valence-electron chi connectivity index (χ3n) is 14.8. The molecule has 0 atom stereocenters. The summed E-state index contributed by atoms with van der Waals surface area (Å²) >= 11 is 0. The van der Waals surface area contributed by atoms with Crippen LogP contribution >= 0.6 is 15.2 Å². The Kier molecular flexibility index (Phi) is 15.2. The number of hydrogen-bond donors (Lipinski definition) is 0. The van der Waals surface area contributed by atoms with Crippen molar-refractivity contribution in [1.82, 2.24) is 0 Å². The summed E-state index contributed by atoms with van der Waals surface area (Å²) in [6.45, 7) is 53.9. The molecule has 4 aromatic carbocycles. The van der Waals surface area contributed by atoms with E-state index in [1.165, 1.54) is 0 Å². The smallest absolute Gasteiger partial charge is 0.307 e. The van der Waals surface area contributed by atoms with Crippen LogP contribution in [-0.2, 0) is 70.5 Å². The zero-order valence-electron chi connectivity index (χ0n) is 48.8. The molecule has 392 valence electrons. The molecule has 0 saturated carbocycles. The molecule has 2 fully saturated rings. The summed E-state index contributed by atoms with van der Waals surface area (Å²) in [5.74, 6) is 0. The molecular formula is C63H94O6P2. The van der Waals surface area contributed by atoms with Gasteiger partial charge in [0, 0.05) is 0 Å². The quantitative estimate of drug-likeness (QED) is 0.179. The molecule has 0 unspecified atom stereocenters. The minimum atomic E-state index is -4.07. The molecule has 2 heterocycles. The van der Waals surface area contributed by atoms with Gasteiger partial charge in [0.25, 0.3) is 0 Å². The molecule has 4 aromatic rings. The van der Waals surface area contributed by atoms with Gasteiger partial charge in [-0.25, -0.2) is 0 Å². The SMILES string of the molecule is CC(C)(C)c1cccc(C(C)(C)C)c1C(c1c(C(C)(C)C)cccc1C(C)(C)C)P1(=O)OCC2(CO1)COP(=O)(C(c1c(C(C)(C)C)cccc1C(C)(C)C)c1c(C(C)(C)C)cccc1C(C)(C)C)OC2. The van der Waals surface area contributed by atoms with E-state index in [4.69, 9.17) is 18.1 Å². The van der Waals surface area contributed by atoms with E-state index < -0.39 is 31.9 Å². The average molecular weight is 1010 g/mol. The fourth-order valence-corrected chi connectivity index (χ4v) is 16.1. The highest BCUT2D eigenvalue weighted by Gasteiger charge is 2.57. The first kappa shape index (κ1) is 57.5. The second-order valence-electron chi connectivity index (χ2n) is 29.5. The second-order valence-corrected chi connectivity index (χ2v) is 33.8. The van der Waals surface area contributed by atoms with E-state index in [0.717, 1.165) is 66.8 Å². The lowest BCUT2D eigenvalue weighted by Gasteiger charge is -2.48. The van der Waals surface area contributed by atoms with E-state index in [1.54, 1.807) is 0 Å². The third-order valence-corrected chi connectivity index (χ3v) is 19.1. The molecule has 0 aliphatic carbocycles. The Morgan fingerprint density at radius 2 is 0.451 bits per heavy atom. The van der Waals surface area contributed by atoms with E-state index in [9.17, 15) is 0 Å². The van der Waals surface area contributed by atoms with Crippen molar-refractivity contribution >= 4 is 15.2 Å². The standard InChI is InChI=1S/C63H94O6P2/c1-55(2,3)41-29-25-30-42(56(4,5)6)49(41)53(50-43(57(7,8)9)31-26-32-44(50)58(10,11)12)70(64)66-37-63(38-67-70)39-68-71(65,69-40-63)54(51-45(59(13,14)15)33-27-34-46(51)60(16,17)18)52-47(61(19,20)21)35-28-36-48(52)62(22,23)24/h25-36,53-54H,37-40H2,1-24H3. The lowest BCUT2D eigenvalue weighted by molar-refractivity contribution is -0.0704. The van der Waals surface area contributed by atoms with Crippen LogP contribution in [0.3, 0.4) is 0 Å². The Labute approximate surface area is 432 Å². The maximum atomic E-state index is 16.6. The lowest BCUT2D eigenvalue weighted by atomic mass is 9.70. The first-order valence-electron chi connectivity index (χ1n) is 26.3. The molecule has 2 aliphatic rings. The summed E-state index contributed by atoms with van der Waals surface area (Å²) in [6.07, 6.45) is 0. The highest BCUT2D eigenvalue weighted by Crippen LogP contribution is 2.73. The fraction of sp³-hybridized carbons (Fsp3) is 0.619.